The number of nitrogen functional groups attached to an aromatic ring is 1. The smallest absolute Gasteiger partial charge is 0.328 e. The standard InChI is InChI=1S/C10H12N4O3S/c1-2-13-10(15)14-18(16,17)9-4-3-7(6-11)5-8(9)12/h3-5H,2,12H2,1H3,(H2,13,14,15). The lowest BCUT2D eigenvalue weighted by Crippen LogP contribution is -2.39. The lowest BCUT2D eigenvalue weighted by molar-refractivity contribution is 0.246. The minimum atomic E-state index is -4.03. The second-order valence-corrected chi connectivity index (χ2v) is 4.98. The van der Waals surface area contributed by atoms with Gasteiger partial charge in [-0.25, -0.2) is 17.9 Å². The maximum absolute atomic E-state index is 11.8. The number of amides is 2. The molecule has 8 heteroatoms. The molecule has 2 amide bonds. The summed E-state index contributed by atoms with van der Waals surface area (Å²) in [5.41, 5.74) is 5.68. The number of carbonyl (C=O) groups excluding carboxylic acids is 1. The van der Waals surface area contributed by atoms with Gasteiger partial charge in [0.15, 0.2) is 0 Å². The molecule has 0 atom stereocenters. The average molecular weight is 268 g/mol. The Bertz CT molecular complexity index is 604. The van der Waals surface area contributed by atoms with Gasteiger partial charge in [0.05, 0.1) is 17.3 Å². The third-order valence-corrected chi connectivity index (χ3v) is 3.40. The van der Waals surface area contributed by atoms with E-state index in [0.717, 1.165) is 0 Å². The molecule has 0 unspecified atom stereocenters. The van der Waals surface area contributed by atoms with Crippen LogP contribution in [0.25, 0.3) is 0 Å². The topological polar surface area (TPSA) is 125 Å². The Morgan fingerprint density at radius 3 is 2.67 bits per heavy atom. The van der Waals surface area contributed by atoms with Crippen molar-refractivity contribution in [3.05, 3.63) is 23.8 Å². The number of nitriles is 1. The molecule has 4 N–H and O–H groups in total. The molecular weight excluding hydrogens is 256 g/mol. The highest BCUT2D eigenvalue weighted by molar-refractivity contribution is 7.90. The SMILES string of the molecule is CCNC(=O)NS(=O)(=O)c1ccc(C#N)cc1N. The normalized spacial score (nSPS) is 10.4. The van der Waals surface area contributed by atoms with Crippen LogP contribution in [0.1, 0.15) is 12.5 Å². The van der Waals surface area contributed by atoms with Crippen LogP contribution >= 0.6 is 0 Å². The summed E-state index contributed by atoms with van der Waals surface area (Å²) in [5.74, 6) is 0. The van der Waals surface area contributed by atoms with Crippen molar-refractivity contribution in [2.45, 2.75) is 11.8 Å². The zero-order chi connectivity index (χ0) is 13.8. The number of rotatable bonds is 3. The zero-order valence-corrected chi connectivity index (χ0v) is 10.4. The van der Waals surface area contributed by atoms with Crippen LogP contribution in [0.15, 0.2) is 23.1 Å². The zero-order valence-electron chi connectivity index (χ0n) is 9.60. The van der Waals surface area contributed by atoms with E-state index in [2.05, 4.69) is 5.32 Å². The summed E-state index contributed by atoms with van der Waals surface area (Å²) in [6, 6.07) is 4.71. The van der Waals surface area contributed by atoms with E-state index < -0.39 is 16.1 Å². The third-order valence-electron chi connectivity index (χ3n) is 1.99. The Labute approximate surface area is 105 Å². The first-order valence-corrected chi connectivity index (χ1v) is 6.49. The van der Waals surface area contributed by atoms with Gasteiger partial charge in [0.1, 0.15) is 4.90 Å². The van der Waals surface area contributed by atoms with Gasteiger partial charge < -0.3 is 11.1 Å². The highest BCUT2D eigenvalue weighted by Gasteiger charge is 2.20. The number of nitrogens with zero attached hydrogens (tertiary/aromatic N) is 1. The maximum Gasteiger partial charge on any atom is 0.328 e. The van der Waals surface area contributed by atoms with Gasteiger partial charge >= 0.3 is 6.03 Å². The fourth-order valence-electron chi connectivity index (χ4n) is 1.24. The number of sulfonamides is 1. The number of anilines is 1. The van der Waals surface area contributed by atoms with Gasteiger partial charge in [0.25, 0.3) is 10.0 Å². The van der Waals surface area contributed by atoms with E-state index in [1.807, 2.05) is 10.8 Å². The monoisotopic (exact) mass is 268 g/mol. The molecule has 1 aromatic carbocycles. The molecule has 0 heterocycles. The molecule has 0 aliphatic carbocycles. The fourth-order valence-corrected chi connectivity index (χ4v) is 2.28. The minimum absolute atomic E-state index is 0.0918. The van der Waals surface area contributed by atoms with Crippen LogP contribution in [-0.4, -0.2) is 21.0 Å². The maximum atomic E-state index is 11.8. The highest BCUT2D eigenvalue weighted by Crippen LogP contribution is 2.19. The Morgan fingerprint density at radius 2 is 2.17 bits per heavy atom. The summed E-state index contributed by atoms with van der Waals surface area (Å²) in [6.45, 7) is 1.95. The second kappa shape index (κ2) is 5.37. The fraction of sp³-hybridized carbons (Fsp3) is 0.200. The first-order chi connectivity index (χ1) is 8.40. The van der Waals surface area contributed by atoms with Crippen LogP contribution in [-0.2, 0) is 10.0 Å². The molecule has 0 aliphatic rings. The molecule has 0 aromatic heterocycles. The van der Waals surface area contributed by atoms with Crippen LogP contribution in [0.4, 0.5) is 10.5 Å². The molecule has 1 rings (SSSR count). The van der Waals surface area contributed by atoms with Crippen LogP contribution < -0.4 is 15.8 Å². The van der Waals surface area contributed by atoms with Gasteiger partial charge in [-0.2, -0.15) is 5.26 Å². The second-order valence-electron chi connectivity index (χ2n) is 3.33. The quantitative estimate of drug-likeness (QED) is 0.673. The molecule has 0 fully saturated rings. The summed E-state index contributed by atoms with van der Waals surface area (Å²) >= 11 is 0. The lowest BCUT2D eigenvalue weighted by Gasteiger charge is -2.09. The van der Waals surface area contributed by atoms with Crippen molar-refractivity contribution in [1.29, 1.82) is 5.26 Å². The van der Waals surface area contributed by atoms with Gasteiger partial charge in [-0.05, 0) is 25.1 Å². The molecule has 0 radical (unpaired) electrons. The number of urea groups is 1. The van der Waals surface area contributed by atoms with Crippen molar-refractivity contribution >= 4 is 21.7 Å². The molecule has 0 bridgehead atoms. The minimum Gasteiger partial charge on any atom is -0.398 e. The van der Waals surface area contributed by atoms with Crippen molar-refractivity contribution in [3.63, 3.8) is 0 Å². The number of hydrogen-bond donors (Lipinski definition) is 3. The molecule has 0 aliphatic heterocycles. The van der Waals surface area contributed by atoms with Crippen LogP contribution in [0.2, 0.25) is 0 Å². The number of carbonyl (C=O) groups is 1. The van der Waals surface area contributed by atoms with Crippen molar-refractivity contribution in [2.24, 2.45) is 0 Å². The Kier molecular flexibility index (Phi) is 4.12. The first-order valence-electron chi connectivity index (χ1n) is 5.01. The predicted octanol–water partition coefficient (Wildman–Crippen LogP) is 0.148. The first kappa shape index (κ1) is 13.8. The molecule has 7 nitrogen and oxygen atoms in total. The molecule has 1 aromatic rings. The lowest BCUT2D eigenvalue weighted by atomic mass is 10.2. The largest absolute Gasteiger partial charge is 0.398 e. The summed E-state index contributed by atoms with van der Waals surface area (Å²) in [7, 11) is -4.03. The molecule has 18 heavy (non-hydrogen) atoms. The molecule has 0 saturated carbocycles. The van der Waals surface area contributed by atoms with Crippen molar-refractivity contribution in [2.75, 3.05) is 12.3 Å². The number of hydrogen-bond acceptors (Lipinski definition) is 5. The van der Waals surface area contributed by atoms with E-state index in [9.17, 15) is 13.2 Å². The Hall–Kier alpha value is -2.27. The van der Waals surface area contributed by atoms with Gasteiger partial charge in [-0.1, -0.05) is 0 Å². The summed E-state index contributed by atoms with van der Waals surface area (Å²) in [6.07, 6.45) is 0. The molecule has 96 valence electrons. The molecular formula is C10H12N4O3S. The Morgan fingerprint density at radius 1 is 1.50 bits per heavy atom. The molecule has 0 saturated heterocycles. The van der Waals surface area contributed by atoms with E-state index in [1.165, 1.54) is 18.2 Å². The predicted molar refractivity (Wildman–Crippen MR) is 65.0 cm³/mol. The van der Waals surface area contributed by atoms with E-state index in [4.69, 9.17) is 11.0 Å². The van der Waals surface area contributed by atoms with Crippen molar-refractivity contribution in [1.82, 2.24) is 10.0 Å². The summed E-state index contributed by atoms with van der Waals surface area (Å²) in [4.78, 5) is 10.9. The van der Waals surface area contributed by atoms with E-state index in [0.29, 0.717) is 6.54 Å². The highest BCUT2D eigenvalue weighted by atomic mass is 32.2. The van der Waals surface area contributed by atoms with E-state index in [-0.39, 0.29) is 16.1 Å². The number of nitrogens with two attached hydrogens (primary N) is 1. The van der Waals surface area contributed by atoms with Gasteiger partial charge in [0.2, 0.25) is 0 Å². The Balaban J connectivity index is 3.07. The van der Waals surface area contributed by atoms with Crippen LogP contribution in [0, 0.1) is 11.3 Å². The summed E-state index contributed by atoms with van der Waals surface area (Å²) in [5, 5.41) is 10.9. The molecule has 0 spiro atoms. The van der Waals surface area contributed by atoms with Crippen LogP contribution in [0.5, 0.6) is 0 Å². The number of nitrogens with one attached hydrogen (secondary N) is 2. The van der Waals surface area contributed by atoms with Gasteiger partial charge in [-0.15, -0.1) is 0 Å². The van der Waals surface area contributed by atoms with E-state index in [1.54, 1.807) is 6.92 Å². The third kappa shape index (κ3) is 3.11. The summed E-state index contributed by atoms with van der Waals surface area (Å²) < 4.78 is 25.4. The average Bonchev–Trinajstić information content (AvgIpc) is 2.27. The van der Waals surface area contributed by atoms with Gasteiger partial charge in [0, 0.05) is 6.54 Å². The van der Waals surface area contributed by atoms with Crippen molar-refractivity contribution in [3.8, 4) is 6.07 Å². The van der Waals surface area contributed by atoms with Crippen LogP contribution in [0.3, 0.4) is 0 Å². The number of benzene rings is 1. The van der Waals surface area contributed by atoms with Crippen molar-refractivity contribution < 1.29 is 13.2 Å². The van der Waals surface area contributed by atoms with E-state index >= 15 is 0 Å². The van der Waals surface area contributed by atoms with Gasteiger partial charge in [-0.3, -0.25) is 0 Å².